The molecule has 1 aromatic carbocycles. The SMILES string of the molecule is CC1CN(C(=O)CCCc2cccc(Cl)c2)CC(C)N1CCN(C)C. The van der Waals surface area contributed by atoms with E-state index in [1.54, 1.807) is 0 Å². The minimum absolute atomic E-state index is 0.285. The zero-order chi connectivity index (χ0) is 18.4. The van der Waals surface area contributed by atoms with Crippen LogP contribution < -0.4 is 0 Å². The highest BCUT2D eigenvalue weighted by atomic mass is 35.5. The van der Waals surface area contributed by atoms with E-state index in [-0.39, 0.29) is 5.91 Å². The highest BCUT2D eigenvalue weighted by Gasteiger charge is 2.31. The summed E-state index contributed by atoms with van der Waals surface area (Å²) in [4.78, 5) is 19.4. The van der Waals surface area contributed by atoms with Gasteiger partial charge in [-0.15, -0.1) is 0 Å². The summed E-state index contributed by atoms with van der Waals surface area (Å²) < 4.78 is 0. The number of rotatable bonds is 7. The summed E-state index contributed by atoms with van der Waals surface area (Å²) in [6, 6.07) is 8.75. The number of amides is 1. The van der Waals surface area contributed by atoms with E-state index in [4.69, 9.17) is 11.6 Å². The van der Waals surface area contributed by atoms with Crippen LogP contribution in [0.25, 0.3) is 0 Å². The predicted molar refractivity (Wildman–Crippen MR) is 105 cm³/mol. The summed E-state index contributed by atoms with van der Waals surface area (Å²) in [6.45, 7) is 8.27. The van der Waals surface area contributed by atoms with Gasteiger partial charge in [0.15, 0.2) is 0 Å². The zero-order valence-electron chi connectivity index (χ0n) is 16.0. The van der Waals surface area contributed by atoms with Crippen LogP contribution in [0.1, 0.15) is 32.3 Å². The average Bonchev–Trinajstić information content (AvgIpc) is 2.53. The molecular formula is C20H32ClN3O. The van der Waals surface area contributed by atoms with Crippen LogP contribution in [-0.2, 0) is 11.2 Å². The van der Waals surface area contributed by atoms with E-state index in [9.17, 15) is 4.79 Å². The molecule has 4 nitrogen and oxygen atoms in total. The van der Waals surface area contributed by atoms with E-state index in [0.717, 1.165) is 44.0 Å². The van der Waals surface area contributed by atoms with Gasteiger partial charge < -0.3 is 9.80 Å². The molecule has 0 N–H and O–H groups in total. The lowest BCUT2D eigenvalue weighted by Gasteiger charge is -2.45. The number of halogens is 1. The van der Waals surface area contributed by atoms with Crippen molar-refractivity contribution in [2.45, 2.75) is 45.2 Å². The Balaban J connectivity index is 1.78. The Hall–Kier alpha value is -1.10. The summed E-state index contributed by atoms with van der Waals surface area (Å²) in [5, 5.41) is 0.764. The summed E-state index contributed by atoms with van der Waals surface area (Å²) in [5.41, 5.74) is 1.20. The molecule has 2 unspecified atom stereocenters. The summed E-state index contributed by atoms with van der Waals surface area (Å²) in [7, 11) is 4.21. The van der Waals surface area contributed by atoms with Crippen molar-refractivity contribution >= 4 is 17.5 Å². The average molecular weight is 366 g/mol. The molecule has 0 aliphatic carbocycles. The van der Waals surface area contributed by atoms with Gasteiger partial charge in [-0.1, -0.05) is 23.7 Å². The first-order valence-corrected chi connectivity index (χ1v) is 9.67. The van der Waals surface area contributed by atoms with E-state index in [1.165, 1.54) is 5.56 Å². The van der Waals surface area contributed by atoms with Crippen molar-refractivity contribution in [1.29, 1.82) is 0 Å². The number of carbonyl (C=O) groups is 1. The normalized spacial score (nSPS) is 21.8. The Bertz CT molecular complexity index is 552. The lowest BCUT2D eigenvalue weighted by atomic mass is 10.1. The quantitative estimate of drug-likeness (QED) is 0.742. The van der Waals surface area contributed by atoms with Crippen molar-refractivity contribution in [2.24, 2.45) is 0 Å². The Morgan fingerprint density at radius 1 is 1.24 bits per heavy atom. The van der Waals surface area contributed by atoms with Gasteiger partial charge in [-0.25, -0.2) is 0 Å². The molecule has 1 heterocycles. The summed E-state index contributed by atoms with van der Waals surface area (Å²) >= 11 is 6.02. The van der Waals surface area contributed by atoms with Crippen LogP contribution in [0.2, 0.25) is 5.02 Å². The van der Waals surface area contributed by atoms with E-state index in [1.807, 2.05) is 18.2 Å². The summed E-state index contributed by atoms with van der Waals surface area (Å²) in [5.74, 6) is 0.285. The van der Waals surface area contributed by atoms with Crippen molar-refractivity contribution in [3.63, 3.8) is 0 Å². The van der Waals surface area contributed by atoms with Crippen LogP contribution in [0.4, 0.5) is 0 Å². The number of piperazine rings is 1. The lowest BCUT2D eigenvalue weighted by Crippen LogP contribution is -2.59. The zero-order valence-corrected chi connectivity index (χ0v) is 16.8. The van der Waals surface area contributed by atoms with Crippen molar-refractivity contribution < 1.29 is 4.79 Å². The number of nitrogens with zero attached hydrogens (tertiary/aromatic N) is 3. The number of benzene rings is 1. The Labute approximate surface area is 157 Å². The molecule has 0 bridgehead atoms. The van der Waals surface area contributed by atoms with E-state index < -0.39 is 0 Å². The topological polar surface area (TPSA) is 26.8 Å². The fourth-order valence-corrected chi connectivity index (χ4v) is 3.82. The van der Waals surface area contributed by atoms with Crippen molar-refractivity contribution in [2.75, 3.05) is 40.3 Å². The van der Waals surface area contributed by atoms with Crippen LogP contribution in [-0.4, -0.2) is 73.0 Å². The molecule has 5 heteroatoms. The molecular weight excluding hydrogens is 334 g/mol. The fraction of sp³-hybridized carbons (Fsp3) is 0.650. The molecule has 1 saturated heterocycles. The largest absolute Gasteiger partial charge is 0.340 e. The maximum absolute atomic E-state index is 12.6. The van der Waals surface area contributed by atoms with Crippen LogP contribution in [0.5, 0.6) is 0 Å². The standard InChI is InChI=1S/C20H32ClN3O/c1-16-14-23(15-17(2)24(16)12-11-22(3)4)20(25)10-6-8-18-7-5-9-19(21)13-18/h5,7,9,13,16-17H,6,8,10-12,14-15H2,1-4H3. The Kier molecular flexibility index (Phi) is 7.73. The highest BCUT2D eigenvalue weighted by molar-refractivity contribution is 6.30. The highest BCUT2D eigenvalue weighted by Crippen LogP contribution is 2.18. The van der Waals surface area contributed by atoms with Crippen molar-refractivity contribution in [3.8, 4) is 0 Å². The molecule has 1 aliphatic rings. The van der Waals surface area contributed by atoms with Gasteiger partial charge >= 0.3 is 0 Å². The first-order valence-electron chi connectivity index (χ1n) is 9.29. The molecule has 1 fully saturated rings. The lowest BCUT2D eigenvalue weighted by molar-refractivity contribution is -0.135. The van der Waals surface area contributed by atoms with Crippen LogP contribution in [0.3, 0.4) is 0 Å². The van der Waals surface area contributed by atoms with Crippen LogP contribution >= 0.6 is 11.6 Å². The monoisotopic (exact) mass is 365 g/mol. The first-order chi connectivity index (χ1) is 11.9. The third kappa shape index (κ3) is 6.28. The third-order valence-electron chi connectivity index (χ3n) is 5.00. The molecule has 140 valence electrons. The van der Waals surface area contributed by atoms with Gasteiger partial charge in [-0.05, 0) is 58.5 Å². The molecule has 0 spiro atoms. The van der Waals surface area contributed by atoms with Gasteiger partial charge in [0.05, 0.1) is 0 Å². The molecule has 0 radical (unpaired) electrons. The van der Waals surface area contributed by atoms with Crippen LogP contribution in [0, 0.1) is 0 Å². The van der Waals surface area contributed by atoms with Gasteiger partial charge in [0.25, 0.3) is 0 Å². The smallest absolute Gasteiger partial charge is 0.222 e. The molecule has 1 aliphatic heterocycles. The number of carbonyl (C=O) groups excluding carboxylic acids is 1. The van der Waals surface area contributed by atoms with Crippen molar-refractivity contribution in [1.82, 2.24) is 14.7 Å². The Morgan fingerprint density at radius 3 is 2.52 bits per heavy atom. The van der Waals surface area contributed by atoms with Crippen LogP contribution in [0.15, 0.2) is 24.3 Å². The van der Waals surface area contributed by atoms with E-state index >= 15 is 0 Å². The van der Waals surface area contributed by atoms with Crippen molar-refractivity contribution in [3.05, 3.63) is 34.9 Å². The van der Waals surface area contributed by atoms with Gasteiger partial charge in [-0.2, -0.15) is 0 Å². The first kappa shape index (κ1) is 20.2. The van der Waals surface area contributed by atoms with Gasteiger partial charge in [0, 0.05) is 49.7 Å². The van der Waals surface area contributed by atoms with E-state index in [2.05, 4.69) is 48.7 Å². The fourth-order valence-electron chi connectivity index (χ4n) is 3.61. The maximum atomic E-state index is 12.6. The van der Waals surface area contributed by atoms with E-state index in [0.29, 0.717) is 18.5 Å². The second-order valence-electron chi connectivity index (χ2n) is 7.52. The number of hydrogen-bond acceptors (Lipinski definition) is 3. The number of hydrogen-bond donors (Lipinski definition) is 0. The maximum Gasteiger partial charge on any atom is 0.222 e. The Morgan fingerprint density at radius 2 is 1.92 bits per heavy atom. The molecule has 25 heavy (non-hydrogen) atoms. The predicted octanol–water partition coefficient (Wildman–Crippen LogP) is 3.15. The molecule has 1 aromatic rings. The van der Waals surface area contributed by atoms with Gasteiger partial charge in [0.1, 0.15) is 0 Å². The minimum Gasteiger partial charge on any atom is -0.340 e. The molecule has 1 amide bonds. The molecule has 0 saturated carbocycles. The number of aryl methyl sites for hydroxylation is 1. The van der Waals surface area contributed by atoms with Gasteiger partial charge in [-0.3, -0.25) is 9.69 Å². The number of likely N-dealkylation sites (N-methyl/N-ethyl adjacent to an activating group) is 1. The second kappa shape index (κ2) is 9.56. The minimum atomic E-state index is 0.285. The second-order valence-corrected chi connectivity index (χ2v) is 7.96. The molecule has 0 aromatic heterocycles. The molecule has 2 rings (SSSR count). The summed E-state index contributed by atoms with van der Waals surface area (Å²) in [6.07, 6.45) is 2.40. The third-order valence-corrected chi connectivity index (χ3v) is 5.24. The molecule has 2 atom stereocenters. The van der Waals surface area contributed by atoms with Gasteiger partial charge in [0.2, 0.25) is 5.91 Å².